The minimum absolute atomic E-state index is 0.141. The van der Waals surface area contributed by atoms with Gasteiger partial charge < -0.3 is 10.6 Å². The minimum atomic E-state index is 0.141. The van der Waals surface area contributed by atoms with Crippen molar-refractivity contribution >= 4 is 0 Å². The summed E-state index contributed by atoms with van der Waals surface area (Å²) in [4.78, 5) is 2.50. The van der Waals surface area contributed by atoms with E-state index in [1.807, 2.05) is 0 Å². The van der Waals surface area contributed by atoms with Crippen molar-refractivity contribution in [1.82, 2.24) is 4.90 Å². The first-order valence-corrected chi connectivity index (χ1v) is 7.88. The first kappa shape index (κ1) is 15.5. The molecule has 0 radical (unpaired) electrons. The fraction of sp³-hybridized carbons (Fsp3) is 0.667. The molecule has 1 fully saturated rings. The number of hydrogen-bond acceptors (Lipinski definition) is 2. The van der Waals surface area contributed by atoms with Gasteiger partial charge in [-0.1, -0.05) is 32.9 Å². The Morgan fingerprint density at radius 2 is 1.60 bits per heavy atom. The van der Waals surface area contributed by atoms with Gasteiger partial charge in [0, 0.05) is 12.6 Å². The second kappa shape index (κ2) is 5.87. The van der Waals surface area contributed by atoms with Crippen molar-refractivity contribution < 1.29 is 0 Å². The average Bonchev–Trinajstić information content (AvgIpc) is 2.79. The number of benzene rings is 1. The SMILES string of the molecule is Cc1cc(C(C)(C)C)cc(C)c1C(N)CN1CCCC1. The van der Waals surface area contributed by atoms with Gasteiger partial charge in [0.15, 0.2) is 0 Å². The van der Waals surface area contributed by atoms with Crippen LogP contribution >= 0.6 is 0 Å². The lowest BCUT2D eigenvalue weighted by molar-refractivity contribution is 0.315. The minimum Gasteiger partial charge on any atom is -0.323 e. The van der Waals surface area contributed by atoms with Crippen molar-refractivity contribution in [2.75, 3.05) is 19.6 Å². The zero-order chi connectivity index (χ0) is 14.9. The fourth-order valence-electron chi connectivity index (χ4n) is 3.33. The molecule has 0 aromatic heterocycles. The van der Waals surface area contributed by atoms with Crippen LogP contribution in [0.5, 0.6) is 0 Å². The molecular formula is C18H30N2. The Bertz CT molecular complexity index is 442. The van der Waals surface area contributed by atoms with E-state index in [1.165, 1.54) is 48.2 Å². The third-order valence-corrected chi connectivity index (χ3v) is 4.48. The summed E-state index contributed by atoms with van der Waals surface area (Å²) in [6, 6.07) is 4.79. The van der Waals surface area contributed by atoms with Gasteiger partial charge in [0.05, 0.1) is 0 Å². The maximum Gasteiger partial charge on any atom is 0.0429 e. The van der Waals surface area contributed by atoms with E-state index in [4.69, 9.17) is 5.73 Å². The smallest absolute Gasteiger partial charge is 0.0429 e. The maximum absolute atomic E-state index is 6.49. The van der Waals surface area contributed by atoms with Crippen molar-refractivity contribution in [1.29, 1.82) is 0 Å². The van der Waals surface area contributed by atoms with Crippen LogP contribution in [0.2, 0.25) is 0 Å². The Labute approximate surface area is 124 Å². The Morgan fingerprint density at radius 3 is 2.05 bits per heavy atom. The van der Waals surface area contributed by atoms with Crippen LogP contribution in [0.1, 0.15) is 61.9 Å². The molecule has 0 bridgehead atoms. The number of nitrogens with zero attached hydrogens (tertiary/aromatic N) is 1. The summed E-state index contributed by atoms with van der Waals surface area (Å²) in [5, 5.41) is 0. The van der Waals surface area contributed by atoms with Crippen LogP contribution in [0.4, 0.5) is 0 Å². The Hall–Kier alpha value is -0.860. The normalized spacial score (nSPS) is 18.5. The molecular weight excluding hydrogens is 244 g/mol. The molecule has 2 nitrogen and oxygen atoms in total. The first-order valence-electron chi connectivity index (χ1n) is 7.88. The highest BCUT2D eigenvalue weighted by molar-refractivity contribution is 5.42. The van der Waals surface area contributed by atoms with E-state index >= 15 is 0 Å². The van der Waals surface area contributed by atoms with E-state index < -0.39 is 0 Å². The summed E-state index contributed by atoms with van der Waals surface area (Å²) in [5.41, 5.74) is 12.2. The van der Waals surface area contributed by atoms with E-state index in [9.17, 15) is 0 Å². The van der Waals surface area contributed by atoms with Crippen LogP contribution < -0.4 is 5.73 Å². The van der Waals surface area contributed by atoms with Gasteiger partial charge in [-0.15, -0.1) is 0 Å². The molecule has 1 atom stereocenters. The van der Waals surface area contributed by atoms with Crippen molar-refractivity contribution in [2.45, 2.75) is 58.9 Å². The van der Waals surface area contributed by atoms with E-state index in [2.05, 4.69) is 51.7 Å². The largest absolute Gasteiger partial charge is 0.323 e. The van der Waals surface area contributed by atoms with Gasteiger partial charge in [0.2, 0.25) is 0 Å². The average molecular weight is 274 g/mol. The predicted octanol–water partition coefficient (Wildman–Crippen LogP) is 3.70. The standard InChI is InChI=1S/C18H30N2/c1-13-10-15(18(3,4)5)11-14(2)17(13)16(19)12-20-8-6-7-9-20/h10-11,16H,6-9,12,19H2,1-5H3. The molecule has 1 aromatic carbocycles. The Morgan fingerprint density at radius 1 is 1.10 bits per heavy atom. The second-order valence-corrected chi connectivity index (χ2v) is 7.39. The summed E-state index contributed by atoms with van der Waals surface area (Å²) < 4.78 is 0. The highest BCUT2D eigenvalue weighted by Gasteiger charge is 2.21. The van der Waals surface area contributed by atoms with Crippen molar-refractivity contribution in [3.63, 3.8) is 0 Å². The summed E-state index contributed by atoms with van der Waals surface area (Å²) in [6.07, 6.45) is 2.65. The van der Waals surface area contributed by atoms with Crippen molar-refractivity contribution in [2.24, 2.45) is 5.73 Å². The molecule has 2 heteroatoms. The lowest BCUT2D eigenvalue weighted by Crippen LogP contribution is -2.31. The summed E-state index contributed by atoms with van der Waals surface area (Å²) in [7, 11) is 0. The third kappa shape index (κ3) is 3.42. The molecule has 1 heterocycles. The third-order valence-electron chi connectivity index (χ3n) is 4.48. The molecule has 1 unspecified atom stereocenters. The zero-order valence-corrected chi connectivity index (χ0v) is 13.8. The molecule has 2 N–H and O–H groups in total. The fourth-order valence-corrected chi connectivity index (χ4v) is 3.33. The van der Waals surface area contributed by atoms with Gasteiger partial charge >= 0.3 is 0 Å². The van der Waals surface area contributed by atoms with E-state index in [0.29, 0.717) is 0 Å². The lowest BCUT2D eigenvalue weighted by Gasteiger charge is -2.26. The van der Waals surface area contributed by atoms with Crippen molar-refractivity contribution in [3.05, 3.63) is 34.4 Å². The number of aryl methyl sites for hydroxylation is 2. The van der Waals surface area contributed by atoms with Gasteiger partial charge in [-0.3, -0.25) is 0 Å². The lowest BCUT2D eigenvalue weighted by atomic mass is 9.82. The van der Waals surface area contributed by atoms with E-state index in [1.54, 1.807) is 0 Å². The monoisotopic (exact) mass is 274 g/mol. The molecule has 1 aliphatic rings. The molecule has 1 aromatic rings. The highest BCUT2D eigenvalue weighted by atomic mass is 15.1. The molecule has 0 spiro atoms. The van der Waals surface area contributed by atoms with Crippen LogP contribution in [-0.2, 0) is 5.41 Å². The van der Waals surface area contributed by atoms with Gasteiger partial charge in [-0.2, -0.15) is 0 Å². The van der Waals surface area contributed by atoms with E-state index in [-0.39, 0.29) is 11.5 Å². The molecule has 20 heavy (non-hydrogen) atoms. The molecule has 112 valence electrons. The van der Waals surface area contributed by atoms with Crippen LogP contribution in [0.25, 0.3) is 0 Å². The van der Waals surface area contributed by atoms with Gasteiger partial charge in [-0.25, -0.2) is 0 Å². The molecule has 2 rings (SSSR count). The molecule has 1 aliphatic heterocycles. The highest BCUT2D eigenvalue weighted by Crippen LogP contribution is 2.29. The van der Waals surface area contributed by atoms with Crippen LogP contribution in [-0.4, -0.2) is 24.5 Å². The number of nitrogens with two attached hydrogens (primary N) is 1. The molecule has 0 amide bonds. The quantitative estimate of drug-likeness (QED) is 0.910. The first-order chi connectivity index (χ1) is 9.29. The summed E-state index contributed by atoms with van der Waals surface area (Å²) >= 11 is 0. The Balaban J connectivity index is 2.23. The van der Waals surface area contributed by atoms with Crippen LogP contribution in [0, 0.1) is 13.8 Å². The van der Waals surface area contributed by atoms with Crippen molar-refractivity contribution in [3.8, 4) is 0 Å². The predicted molar refractivity (Wildman–Crippen MR) is 87.2 cm³/mol. The molecule has 1 saturated heterocycles. The topological polar surface area (TPSA) is 29.3 Å². The Kier molecular flexibility index (Phi) is 4.55. The van der Waals surface area contributed by atoms with E-state index in [0.717, 1.165) is 6.54 Å². The molecule has 0 aliphatic carbocycles. The number of rotatable bonds is 3. The second-order valence-electron chi connectivity index (χ2n) is 7.39. The van der Waals surface area contributed by atoms with Crippen LogP contribution in [0.15, 0.2) is 12.1 Å². The molecule has 0 saturated carbocycles. The zero-order valence-electron chi connectivity index (χ0n) is 13.8. The number of hydrogen-bond donors (Lipinski definition) is 1. The van der Waals surface area contributed by atoms with Gasteiger partial charge in [0.25, 0.3) is 0 Å². The van der Waals surface area contributed by atoms with Crippen LogP contribution in [0.3, 0.4) is 0 Å². The summed E-state index contributed by atoms with van der Waals surface area (Å²) in [6.45, 7) is 14.7. The van der Waals surface area contributed by atoms with Gasteiger partial charge in [-0.05, 0) is 67.4 Å². The summed E-state index contributed by atoms with van der Waals surface area (Å²) in [5.74, 6) is 0. The maximum atomic E-state index is 6.49. The number of likely N-dealkylation sites (tertiary alicyclic amines) is 1. The van der Waals surface area contributed by atoms with Gasteiger partial charge in [0.1, 0.15) is 0 Å².